The van der Waals surface area contributed by atoms with E-state index >= 15 is 0 Å². The molecular weight excluding hydrogens is 258 g/mol. The molecule has 0 aliphatic rings. The molecule has 0 unspecified atom stereocenters. The summed E-state index contributed by atoms with van der Waals surface area (Å²) in [6.07, 6.45) is 1.53. The molecule has 6 heteroatoms. The smallest absolute Gasteiger partial charge is 0.279 e. The van der Waals surface area contributed by atoms with Crippen molar-refractivity contribution in [2.75, 3.05) is 19.7 Å². The van der Waals surface area contributed by atoms with Crippen LogP contribution in [-0.2, 0) is 0 Å². The van der Waals surface area contributed by atoms with E-state index in [0.29, 0.717) is 17.7 Å². The fourth-order valence-electron chi connectivity index (χ4n) is 2.00. The maximum atomic E-state index is 11.0. The van der Waals surface area contributed by atoms with Gasteiger partial charge in [0.1, 0.15) is 12.4 Å². The monoisotopic (exact) mass is 275 g/mol. The van der Waals surface area contributed by atoms with Crippen LogP contribution in [0.25, 0.3) is 10.8 Å². The Balaban J connectivity index is 2.37. The molecule has 20 heavy (non-hydrogen) atoms. The Morgan fingerprint density at radius 1 is 1.40 bits per heavy atom. The summed E-state index contributed by atoms with van der Waals surface area (Å²) in [4.78, 5) is 14.8. The van der Waals surface area contributed by atoms with E-state index in [-0.39, 0.29) is 5.69 Å². The normalized spacial score (nSPS) is 10.7. The molecule has 1 heterocycles. The van der Waals surface area contributed by atoms with E-state index in [1.54, 1.807) is 6.07 Å². The van der Waals surface area contributed by atoms with Gasteiger partial charge in [-0.2, -0.15) is 0 Å². The molecule has 106 valence electrons. The summed E-state index contributed by atoms with van der Waals surface area (Å²) >= 11 is 0. The highest BCUT2D eigenvalue weighted by Gasteiger charge is 2.15. The Kier molecular flexibility index (Phi) is 4.47. The van der Waals surface area contributed by atoms with Crippen molar-refractivity contribution in [2.45, 2.75) is 13.8 Å². The number of non-ortho nitro benzene ring substituents is 1. The van der Waals surface area contributed by atoms with Gasteiger partial charge >= 0.3 is 0 Å². The average molecular weight is 275 g/mol. The molecule has 1 N–H and O–H groups in total. The first-order chi connectivity index (χ1) is 9.63. The minimum absolute atomic E-state index is 0.0477. The van der Waals surface area contributed by atoms with E-state index in [4.69, 9.17) is 4.74 Å². The van der Waals surface area contributed by atoms with Gasteiger partial charge in [0.2, 0.25) is 0 Å². The Labute approximate surface area is 116 Å². The lowest BCUT2D eigenvalue weighted by atomic mass is 10.1. The lowest BCUT2D eigenvalue weighted by Gasteiger charge is -2.10. The van der Waals surface area contributed by atoms with Crippen LogP contribution in [0.4, 0.5) is 5.69 Å². The second-order valence-electron chi connectivity index (χ2n) is 4.41. The molecule has 0 spiro atoms. The van der Waals surface area contributed by atoms with Crippen molar-refractivity contribution < 1.29 is 9.66 Å². The number of pyridine rings is 1. The molecule has 0 fully saturated rings. The maximum Gasteiger partial charge on any atom is 0.279 e. The van der Waals surface area contributed by atoms with Gasteiger partial charge in [-0.1, -0.05) is 6.92 Å². The van der Waals surface area contributed by atoms with Crippen molar-refractivity contribution in [3.05, 3.63) is 40.2 Å². The molecule has 0 aliphatic heterocycles. The first-order valence-electron chi connectivity index (χ1n) is 6.50. The Hall–Kier alpha value is -2.21. The van der Waals surface area contributed by atoms with Crippen LogP contribution in [0.3, 0.4) is 0 Å². The first-order valence-corrected chi connectivity index (χ1v) is 6.50. The molecule has 1 aromatic heterocycles. The van der Waals surface area contributed by atoms with Gasteiger partial charge < -0.3 is 10.1 Å². The minimum Gasteiger partial charge on any atom is -0.492 e. The number of benzene rings is 1. The third-order valence-electron chi connectivity index (χ3n) is 2.96. The molecule has 0 atom stereocenters. The summed E-state index contributed by atoms with van der Waals surface area (Å²) in [5.74, 6) is 0.647. The molecule has 0 aliphatic carbocycles. The number of aryl methyl sites for hydroxylation is 1. The number of fused-ring (bicyclic) bond motifs is 1. The van der Waals surface area contributed by atoms with Crippen LogP contribution in [0.5, 0.6) is 5.75 Å². The van der Waals surface area contributed by atoms with Crippen LogP contribution < -0.4 is 10.1 Å². The Bertz CT molecular complexity index is 628. The number of rotatable bonds is 6. The molecule has 0 bridgehead atoms. The Morgan fingerprint density at radius 3 is 2.90 bits per heavy atom. The van der Waals surface area contributed by atoms with E-state index in [2.05, 4.69) is 10.3 Å². The molecule has 0 amide bonds. The quantitative estimate of drug-likeness (QED) is 0.497. The lowest BCUT2D eigenvalue weighted by molar-refractivity contribution is -0.383. The van der Waals surface area contributed by atoms with Gasteiger partial charge in [-0.05, 0) is 25.6 Å². The second kappa shape index (κ2) is 6.29. The fraction of sp³-hybridized carbons (Fsp3) is 0.357. The molecule has 2 aromatic rings. The van der Waals surface area contributed by atoms with E-state index in [1.807, 2.05) is 19.9 Å². The molecule has 0 radical (unpaired) electrons. The van der Waals surface area contributed by atoms with E-state index in [9.17, 15) is 10.1 Å². The predicted octanol–water partition coefficient (Wildman–Crippen LogP) is 2.44. The first kappa shape index (κ1) is 14.2. The fourth-order valence-corrected chi connectivity index (χ4v) is 2.00. The highest BCUT2D eigenvalue weighted by atomic mass is 16.6. The van der Waals surface area contributed by atoms with Crippen LogP contribution in [0.15, 0.2) is 24.4 Å². The number of ether oxygens (including phenoxy) is 1. The summed E-state index contributed by atoms with van der Waals surface area (Å²) in [6.45, 7) is 6.01. The van der Waals surface area contributed by atoms with Gasteiger partial charge in [-0.3, -0.25) is 15.1 Å². The van der Waals surface area contributed by atoms with Crippen molar-refractivity contribution in [1.29, 1.82) is 0 Å². The largest absolute Gasteiger partial charge is 0.492 e. The molecule has 2 rings (SSSR count). The number of hydrogen-bond donors (Lipinski definition) is 1. The predicted molar refractivity (Wildman–Crippen MR) is 77.2 cm³/mol. The summed E-state index contributed by atoms with van der Waals surface area (Å²) in [7, 11) is 0. The molecule has 0 saturated heterocycles. The molecule has 1 aromatic carbocycles. The average Bonchev–Trinajstić information content (AvgIpc) is 2.43. The van der Waals surface area contributed by atoms with E-state index < -0.39 is 4.92 Å². The topological polar surface area (TPSA) is 77.3 Å². The molecular formula is C14H17N3O3. The number of nitro benzene ring substituents is 1. The number of nitrogens with zero attached hydrogens (tertiary/aromatic N) is 2. The molecule has 6 nitrogen and oxygen atoms in total. The lowest BCUT2D eigenvalue weighted by Crippen LogP contribution is -2.20. The van der Waals surface area contributed by atoms with Crippen molar-refractivity contribution in [3.8, 4) is 5.75 Å². The van der Waals surface area contributed by atoms with Crippen LogP contribution in [-0.4, -0.2) is 29.6 Å². The highest BCUT2D eigenvalue weighted by Crippen LogP contribution is 2.32. The van der Waals surface area contributed by atoms with E-state index in [1.165, 1.54) is 12.3 Å². The summed E-state index contributed by atoms with van der Waals surface area (Å²) in [6, 6.07) is 4.92. The standard InChI is InChI=1S/C14H17N3O3/c1-3-15-6-7-20-14-5-4-13(17(18)19)12-9-16-10(2)8-11(12)14/h4-5,8-9,15H,3,6-7H2,1-2H3. The number of hydrogen-bond acceptors (Lipinski definition) is 5. The summed E-state index contributed by atoms with van der Waals surface area (Å²) in [5, 5.41) is 15.4. The van der Waals surface area contributed by atoms with Gasteiger partial charge in [0.05, 0.1) is 10.3 Å². The Morgan fingerprint density at radius 2 is 2.20 bits per heavy atom. The zero-order chi connectivity index (χ0) is 14.5. The van der Waals surface area contributed by atoms with Crippen molar-refractivity contribution in [3.63, 3.8) is 0 Å². The zero-order valence-electron chi connectivity index (χ0n) is 11.5. The number of nitro groups is 1. The van der Waals surface area contributed by atoms with Crippen LogP contribution >= 0.6 is 0 Å². The summed E-state index contributed by atoms with van der Waals surface area (Å²) in [5.41, 5.74) is 0.848. The number of likely N-dealkylation sites (N-methyl/N-ethyl adjacent to an activating group) is 1. The number of aromatic nitrogens is 1. The third kappa shape index (κ3) is 3.03. The molecule has 0 saturated carbocycles. The van der Waals surface area contributed by atoms with Crippen molar-refractivity contribution in [1.82, 2.24) is 10.3 Å². The van der Waals surface area contributed by atoms with Gasteiger partial charge in [0, 0.05) is 29.9 Å². The van der Waals surface area contributed by atoms with Gasteiger partial charge in [-0.25, -0.2) is 0 Å². The zero-order valence-corrected chi connectivity index (χ0v) is 11.5. The van der Waals surface area contributed by atoms with Crippen molar-refractivity contribution in [2.24, 2.45) is 0 Å². The minimum atomic E-state index is -0.401. The van der Waals surface area contributed by atoms with Gasteiger partial charge in [-0.15, -0.1) is 0 Å². The maximum absolute atomic E-state index is 11.0. The van der Waals surface area contributed by atoms with Crippen LogP contribution in [0, 0.1) is 17.0 Å². The van der Waals surface area contributed by atoms with Crippen LogP contribution in [0.1, 0.15) is 12.6 Å². The second-order valence-corrected chi connectivity index (χ2v) is 4.41. The van der Waals surface area contributed by atoms with Gasteiger partial charge in [0.15, 0.2) is 0 Å². The van der Waals surface area contributed by atoms with Crippen molar-refractivity contribution >= 4 is 16.5 Å². The van der Waals surface area contributed by atoms with E-state index in [0.717, 1.165) is 24.2 Å². The van der Waals surface area contributed by atoms with Gasteiger partial charge in [0.25, 0.3) is 5.69 Å². The third-order valence-corrected chi connectivity index (χ3v) is 2.96. The van der Waals surface area contributed by atoms with Crippen LogP contribution in [0.2, 0.25) is 0 Å². The number of nitrogens with one attached hydrogen (secondary N) is 1. The SMILES string of the molecule is CCNCCOc1ccc([N+](=O)[O-])c2cnc(C)cc12. The highest BCUT2D eigenvalue weighted by molar-refractivity contribution is 5.95. The summed E-state index contributed by atoms with van der Waals surface area (Å²) < 4.78 is 5.70.